The summed E-state index contributed by atoms with van der Waals surface area (Å²) in [7, 11) is 0. The van der Waals surface area contributed by atoms with E-state index >= 15 is 0 Å². The Balaban J connectivity index is 2.18. The number of carbonyl (C=O) groups excluding carboxylic acids is 1. The Bertz CT molecular complexity index is 344. The highest BCUT2D eigenvalue weighted by Gasteiger charge is 2.43. The molecule has 1 heterocycles. The van der Waals surface area contributed by atoms with Gasteiger partial charge in [-0.25, -0.2) is 4.79 Å². The molecule has 0 aromatic heterocycles. The third-order valence-electron chi connectivity index (χ3n) is 3.72. The van der Waals surface area contributed by atoms with Crippen molar-refractivity contribution < 1.29 is 9.53 Å². The maximum absolute atomic E-state index is 11.7. The van der Waals surface area contributed by atoms with E-state index < -0.39 is 0 Å². The van der Waals surface area contributed by atoms with Gasteiger partial charge in [0.1, 0.15) is 0 Å². The van der Waals surface area contributed by atoms with Gasteiger partial charge in [-0.15, -0.1) is 0 Å². The van der Waals surface area contributed by atoms with E-state index in [9.17, 15) is 4.79 Å². The van der Waals surface area contributed by atoms with Gasteiger partial charge >= 0.3 is 5.97 Å². The van der Waals surface area contributed by atoms with Crippen LogP contribution in [0.4, 0.5) is 0 Å². The van der Waals surface area contributed by atoms with E-state index in [1.807, 2.05) is 0 Å². The largest absolute Gasteiger partial charge is 0.449 e. The van der Waals surface area contributed by atoms with Crippen molar-refractivity contribution in [1.82, 2.24) is 5.32 Å². The number of hydrogen-bond donors (Lipinski definition) is 1. The monoisotopic (exact) mass is 251 g/mol. The molecule has 0 aromatic rings. The van der Waals surface area contributed by atoms with Gasteiger partial charge in [0.2, 0.25) is 0 Å². The topological polar surface area (TPSA) is 38.3 Å². The lowest BCUT2D eigenvalue weighted by molar-refractivity contribution is -0.147. The molecule has 0 aromatic carbocycles. The van der Waals surface area contributed by atoms with Crippen LogP contribution in [0.15, 0.2) is 11.8 Å². The lowest BCUT2D eigenvalue weighted by Gasteiger charge is -2.36. The molecule has 0 radical (unpaired) electrons. The number of hydrogen-bond acceptors (Lipinski definition) is 3. The van der Waals surface area contributed by atoms with Crippen LogP contribution in [-0.2, 0) is 9.53 Å². The third-order valence-corrected chi connectivity index (χ3v) is 3.72. The Morgan fingerprint density at radius 3 is 2.22 bits per heavy atom. The molecule has 1 saturated carbocycles. The quantitative estimate of drug-likeness (QED) is 0.727. The number of nitrogens with one attached hydrogen (secondary N) is 1. The molecule has 0 unspecified atom stereocenters. The van der Waals surface area contributed by atoms with Crippen LogP contribution in [0.5, 0.6) is 0 Å². The number of ether oxygens (including phenoxy) is 1. The molecule has 18 heavy (non-hydrogen) atoms. The third kappa shape index (κ3) is 3.06. The number of esters is 1. The van der Waals surface area contributed by atoms with Gasteiger partial charge in [-0.1, -0.05) is 19.3 Å². The van der Waals surface area contributed by atoms with Gasteiger partial charge in [0.05, 0.1) is 5.70 Å². The molecule has 1 aliphatic heterocycles. The van der Waals surface area contributed by atoms with Gasteiger partial charge < -0.3 is 10.1 Å². The second-order valence-corrected chi connectivity index (χ2v) is 6.62. The van der Waals surface area contributed by atoms with E-state index in [2.05, 4.69) is 26.1 Å². The molecule has 0 bridgehead atoms. The molecule has 0 atom stereocenters. The van der Waals surface area contributed by atoms with E-state index in [1.165, 1.54) is 19.3 Å². The summed E-state index contributed by atoms with van der Waals surface area (Å²) in [5, 5.41) is 3.47. The van der Waals surface area contributed by atoms with Gasteiger partial charge in [0, 0.05) is 11.6 Å². The van der Waals surface area contributed by atoms with E-state index in [1.54, 1.807) is 6.08 Å². The molecule has 1 N–H and O–H groups in total. The molecular weight excluding hydrogens is 226 g/mol. The summed E-state index contributed by atoms with van der Waals surface area (Å²) in [6.07, 6.45) is 9.71. The summed E-state index contributed by atoms with van der Waals surface area (Å²) >= 11 is 0. The maximum Gasteiger partial charge on any atom is 0.333 e. The molecule has 1 aliphatic carbocycles. The molecule has 2 rings (SSSR count). The van der Waals surface area contributed by atoms with E-state index in [0.29, 0.717) is 0 Å². The highest BCUT2D eigenvalue weighted by molar-refractivity contribution is 5.86. The van der Waals surface area contributed by atoms with Gasteiger partial charge in [-0.3, -0.25) is 0 Å². The number of carbonyl (C=O) groups is 1. The predicted octanol–water partition coefficient (Wildman–Crippen LogP) is 3.30. The Kier molecular flexibility index (Phi) is 3.69. The first-order valence-corrected chi connectivity index (χ1v) is 7.15. The van der Waals surface area contributed by atoms with Crippen LogP contribution < -0.4 is 5.32 Å². The van der Waals surface area contributed by atoms with Crippen molar-refractivity contribution in [1.29, 1.82) is 0 Å². The van der Waals surface area contributed by atoms with Crippen LogP contribution >= 0.6 is 0 Å². The second-order valence-electron chi connectivity index (χ2n) is 6.62. The van der Waals surface area contributed by atoms with Gasteiger partial charge in [-0.2, -0.15) is 0 Å². The van der Waals surface area contributed by atoms with Crippen LogP contribution in [0, 0.1) is 0 Å². The Hall–Kier alpha value is -0.990. The SMILES string of the molecule is CC(C)(C)NC1=CC(=O)OC12CCCCCCC2. The average Bonchev–Trinajstić information content (AvgIpc) is 2.47. The summed E-state index contributed by atoms with van der Waals surface area (Å²) in [4.78, 5) is 11.7. The normalized spacial score (nSPS) is 24.2. The Labute approximate surface area is 110 Å². The zero-order valence-corrected chi connectivity index (χ0v) is 11.8. The standard InChI is InChI=1S/C15H25NO2/c1-14(2,3)16-12-11-13(17)18-15(12)9-7-5-4-6-8-10-15/h11,16H,4-10H2,1-3H3. The molecule has 0 saturated heterocycles. The molecule has 1 fully saturated rings. The fraction of sp³-hybridized carbons (Fsp3) is 0.800. The first-order chi connectivity index (χ1) is 8.41. The summed E-state index contributed by atoms with van der Waals surface area (Å²) in [5.74, 6) is -0.178. The van der Waals surface area contributed by atoms with E-state index in [4.69, 9.17) is 4.74 Å². The van der Waals surface area contributed by atoms with E-state index in [0.717, 1.165) is 31.4 Å². The highest BCUT2D eigenvalue weighted by Crippen LogP contribution is 2.39. The lowest BCUT2D eigenvalue weighted by Crippen LogP contribution is -2.45. The van der Waals surface area contributed by atoms with Crippen molar-refractivity contribution >= 4 is 5.97 Å². The molecule has 3 heteroatoms. The van der Waals surface area contributed by atoms with Crippen LogP contribution in [0.1, 0.15) is 65.7 Å². The molecule has 1 spiro atoms. The lowest BCUT2D eigenvalue weighted by atomic mass is 9.84. The smallest absolute Gasteiger partial charge is 0.333 e. The summed E-state index contributed by atoms with van der Waals surface area (Å²) in [6.45, 7) is 6.35. The summed E-state index contributed by atoms with van der Waals surface area (Å²) < 4.78 is 5.69. The van der Waals surface area contributed by atoms with Gasteiger partial charge in [-0.05, 0) is 46.5 Å². The molecular formula is C15H25NO2. The second kappa shape index (κ2) is 4.94. The van der Waals surface area contributed by atoms with Gasteiger partial charge in [0.15, 0.2) is 5.60 Å². The molecule has 102 valence electrons. The minimum absolute atomic E-state index is 0.0326. The molecule has 2 aliphatic rings. The maximum atomic E-state index is 11.7. The van der Waals surface area contributed by atoms with Crippen LogP contribution in [0.2, 0.25) is 0 Å². The Morgan fingerprint density at radius 2 is 1.67 bits per heavy atom. The van der Waals surface area contributed by atoms with Gasteiger partial charge in [0.25, 0.3) is 0 Å². The minimum atomic E-state index is -0.356. The number of rotatable bonds is 1. The van der Waals surface area contributed by atoms with Crippen molar-refractivity contribution in [3.05, 3.63) is 11.8 Å². The molecule has 3 nitrogen and oxygen atoms in total. The fourth-order valence-electron chi connectivity index (χ4n) is 2.93. The van der Waals surface area contributed by atoms with Crippen LogP contribution in [-0.4, -0.2) is 17.1 Å². The average molecular weight is 251 g/mol. The summed E-state index contributed by atoms with van der Waals surface area (Å²) in [5.41, 5.74) is 0.613. The van der Waals surface area contributed by atoms with Crippen molar-refractivity contribution in [2.75, 3.05) is 0 Å². The van der Waals surface area contributed by atoms with Crippen molar-refractivity contribution in [2.45, 2.75) is 76.9 Å². The Morgan fingerprint density at radius 1 is 1.11 bits per heavy atom. The van der Waals surface area contributed by atoms with E-state index in [-0.39, 0.29) is 17.1 Å². The highest BCUT2D eigenvalue weighted by atomic mass is 16.6. The minimum Gasteiger partial charge on any atom is -0.449 e. The zero-order chi connectivity index (χ0) is 13.2. The predicted molar refractivity (Wildman–Crippen MR) is 72.1 cm³/mol. The first-order valence-electron chi connectivity index (χ1n) is 7.15. The van der Waals surface area contributed by atoms with Crippen molar-refractivity contribution in [3.8, 4) is 0 Å². The fourth-order valence-corrected chi connectivity index (χ4v) is 2.93. The molecule has 0 amide bonds. The van der Waals surface area contributed by atoms with Crippen molar-refractivity contribution in [2.24, 2.45) is 0 Å². The summed E-state index contributed by atoms with van der Waals surface area (Å²) in [6, 6.07) is 0. The zero-order valence-electron chi connectivity index (χ0n) is 11.8. The van der Waals surface area contributed by atoms with Crippen LogP contribution in [0.25, 0.3) is 0 Å². The van der Waals surface area contributed by atoms with Crippen LogP contribution in [0.3, 0.4) is 0 Å². The first kappa shape index (κ1) is 13.4. The van der Waals surface area contributed by atoms with Crippen molar-refractivity contribution in [3.63, 3.8) is 0 Å².